The number of aliphatic imine (C=N–C) groups is 2. The summed E-state index contributed by atoms with van der Waals surface area (Å²) in [4.78, 5) is 30.5. The second kappa shape index (κ2) is 9.91. The van der Waals surface area contributed by atoms with Gasteiger partial charge in [0.1, 0.15) is 0 Å². The number of rotatable bonds is 8. The van der Waals surface area contributed by atoms with E-state index in [2.05, 4.69) is 51.5 Å². The number of nitrogens with zero attached hydrogens (tertiary/aromatic N) is 2. The molecule has 0 aromatic rings. The van der Waals surface area contributed by atoms with Gasteiger partial charge in [-0.15, -0.1) is 0 Å². The Labute approximate surface area is 147 Å². The van der Waals surface area contributed by atoms with Crippen molar-refractivity contribution in [1.29, 1.82) is 0 Å². The first kappa shape index (κ1) is 20.8. The molecule has 136 valence electrons. The third kappa shape index (κ3) is 6.00. The number of isocyanates is 2. The molecule has 0 bridgehead atoms. The third-order valence-corrected chi connectivity index (χ3v) is 5.14. The molecule has 0 N–H and O–H groups in total. The summed E-state index contributed by atoms with van der Waals surface area (Å²) in [6.07, 6.45) is 7.61. The van der Waals surface area contributed by atoms with Gasteiger partial charge in [-0.05, 0) is 55.3 Å². The molecule has 1 fully saturated rings. The van der Waals surface area contributed by atoms with Crippen LogP contribution in [-0.4, -0.2) is 24.2 Å². The predicted octanol–water partition coefficient (Wildman–Crippen LogP) is 4.79. The number of carbonyl (C=O) groups excluding carboxylic acids is 2. The SMILES string of the molecule is CC(C)CC1CC(CC(C)C)C(N=C=O)C(CC(C)C)C1N=C=O. The summed E-state index contributed by atoms with van der Waals surface area (Å²) in [6.45, 7) is 13.2. The van der Waals surface area contributed by atoms with Crippen molar-refractivity contribution >= 4 is 12.2 Å². The first-order valence-corrected chi connectivity index (χ1v) is 9.44. The molecule has 0 spiro atoms. The summed E-state index contributed by atoms with van der Waals surface area (Å²) < 4.78 is 0. The molecular formula is C20H34N2O2. The summed E-state index contributed by atoms with van der Waals surface area (Å²) in [5.41, 5.74) is 0. The number of hydrogen-bond donors (Lipinski definition) is 0. The maximum Gasteiger partial charge on any atom is 0.235 e. The Kier molecular flexibility index (Phi) is 8.59. The van der Waals surface area contributed by atoms with E-state index in [0.29, 0.717) is 29.6 Å². The molecule has 0 amide bonds. The van der Waals surface area contributed by atoms with Gasteiger partial charge in [-0.25, -0.2) is 19.6 Å². The van der Waals surface area contributed by atoms with Gasteiger partial charge in [-0.1, -0.05) is 41.5 Å². The molecular weight excluding hydrogens is 300 g/mol. The summed E-state index contributed by atoms with van der Waals surface area (Å²) in [7, 11) is 0. The fourth-order valence-electron chi connectivity index (χ4n) is 4.60. The number of hydrogen-bond acceptors (Lipinski definition) is 4. The van der Waals surface area contributed by atoms with Crippen molar-refractivity contribution in [3.8, 4) is 0 Å². The highest BCUT2D eigenvalue weighted by atomic mass is 16.1. The van der Waals surface area contributed by atoms with Crippen LogP contribution in [0.2, 0.25) is 0 Å². The highest BCUT2D eigenvalue weighted by Crippen LogP contribution is 2.44. The van der Waals surface area contributed by atoms with Crippen LogP contribution in [0, 0.1) is 35.5 Å². The van der Waals surface area contributed by atoms with Crippen LogP contribution in [0.3, 0.4) is 0 Å². The summed E-state index contributed by atoms with van der Waals surface area (Å²) in [6, 6.07) is -0.143. The zero-order valence-corrected chi connectivity index (χ0v) is 16.2. The largest absolute Gasteiger partial charge is 0.235 e. The van der Waals surface area contributed by atoms with E-state index in [0.717, 1.165) is 25.7 Å². The third-order valence-electron chi connectivity index (χ3n) is 5.14. The van der Waals surface area contributed by atoms with Crippen LogP contribution >= 0.6 is 0 Å². The van der Waals surface area contributed by atoms with E-state index >= 15 is 0 Å². The highest BCUT2D eigenvalue weighted by molar-refractivity contribution is 5.36. The smallest absolute Gasteiger partial charge is 0.211 e. The fraction of sp³-hybridized carbons (Fsp3) is 0.900. The summed E-state index contributed by atoms with van der Waals surface area (Å²) in [5.74, 6) is 2.47. The van der Waals surface area contributed by atoms with Gasteiger partial charge in [0, 0.05) is 5.92 Å². The van der Waals surface area contributed by atoms with E-state index in [-0.39, 0.29) is 18.0 Å². The minimum Gasteiger partial charge on any atom is -0.211 e. The minimum atomic E-state index is -0.0715. The molecule has 1 aliphatic carbocycles. The summed E-state index contributed by atoms with van der Waals surface area (Å²) >= 11 is 0. The molecule has 4 nitrogen and oxygen atoms in total. The van der Waals surface area contributed by atoms with Crippen molar-refractivity contribution in [3.63, 3.8) is 0 Å². The van der Waals surface area contributed by atoms with Gasteiger partial charge < -0.3 is 0 Å². The lowest BCUT2D eigenvalue weighted by atomic mass is 9.63. The molecule has 0 aromatic carbocycles. The molecule has 0 radical (unpaired) electrons. The van der Waals surface area contributed by atoms with E-state index in [1.165, 1.54) is 0 Å². The van der Waals surface area contributed by atoms with Crippen LogP contribution in [0.4, 0.5) is 0 Å². The normalized spacial score (nSPS) is 30.3. The lowest BCUT2D eigenvalue weighted by molar-refractivity contribution is 0.0918. The Balaban J connectivity index is 3.25. The molecule has 0 aliphatic heterocycles. The van der Waals surface area contributed by atoms with Gasteiger partial charge in [0.25, 0.3) is 0 Å². The Hall–Kier alpha value is -1.24. The minimum absolute atomic E-state index is 0.0715. The molecule has 24 heavy (non-hydrogen) atoms. The van der Waals surface area contributed by atoms with Gasteiger partial charge in [0.2, 0.25) is 12.2 Å². The molecule has 0 aromatic heterocycles. The molecule has 1 rings (SSSR count). The fourth-order valence-corrected chi connectivity index (χ4v) is 4.60. The summed E-state index contributed by atoms with van der Waals surface area (Å²) in [5, 5.41) is 0. The monoisotopic (exact) mass is 334 g/mol. The van der Waals surface area contributed by atoms with Crippen molar-refractivity contribution in [2.24, 2.45) is 45.5 Å². The Morgan fingerprint density at radius 2 is 1.12 bits per heavy atom. The van der Waals surface area contributed by atoms with Crippen LogP contribution in [0.5, 0.6) is 0 Å². The van der Waals surface area contributed by atoms with Crippen LogP contribution < -0.4 is 0 Å². The van der Waals surface area contributed by atoms with Crippen LogP contribution in [-0.2, 0) is 9.59 Å². The molecule has 4 unspecified atom stereocenters. The maximum absolute atomic E-state index is 11.1. The maximum atomic E-state index is 11.1. The van der Waals surface area contributed by atoms with E-state index in [9.17, 15) is 9.59 Å². The molecule has 0 heterocycles. The standard InChI is InChI=1S/C20H34N2O2/c1-13(2)7-16-10-17(8-14(3)4)20(22-12-24)18(9-15(5)6)19(16)21-11-23/h13-20H,7-10H2,1-6H3. The van der Waals surface area contributed by atoms with E-state index in [1.807, 2.05) is 0 Å². The van der Waals surface area contributed by atoms with Gasteiger partial charge in [-0.2, -0.15) is 0 Å². The van der Waals surface area contributed by atoms with Crippen LogP contribution in [0.1, 0.15) is 67.2 Å². The quantitative estimate of drug-likeness (QED) is 0.473. The highest BCUT2D eigenvalue weighted by Gasteiger charge is 2.45. The van der Waals surface area contributed by atoms with E-state index in [4.69, 9.17) is 0 Å². The lowest BCUT2D eigenvalue weighted by Gasteiger charge is -2.45. The van der Waals surface area contributed by atoms with Crippen LogP contribution in [0.25, 0.3) is 0 Å². The molecule has 0 saturated heterocycles. The first-order valence-electron chi connectivity index (χ1n) is 9.44. The van der Waals surface area contributed by atoms with Gasteiger partial charge in [-0.3, -0.25) is 0 Å². The average Bonchev–Trinajstić information content (AvgIpc) is 2.44. The lowest BCUT2D eigenvalue weighted by Crippen LogP contribution is -2.46. The average molecular weight is 335 g/mol. The molecule has 1 aliphatic rings. The molecule has 1 saturated carbocycles. The molecule has 4 atom stereocenters. The van der Waals surface area contributed by atoms with E-state index in [1.54, 1.807) is 12.2 Å². The second-order valence-corrected chi connectivity index (χ2v) is 8.73. The Morgan fingerprint density at radius 1 is 0.750 bits per heavy atom. The zero-order valence-electron chi connectivity index (χ0n) is 16.2. The van der Waals surface area contributed by atoms with Crippen molar-refractivity contribution < 1.29 is 9.59 Å². The topological polar surface area (TPSA) is 58.9 Å². The predicted molar refractivity (Wildman–Crippen MR) is 97.3 cm³/mol. The van der Waals surface area contributed by atoms with Crippen LogP contribution in [0.15, 0.2) is 9.98 Å². The van der Waals surface area contributed by atoms with Crippen molar-refractivity contribution in [3.05, 3.63) is 0 Å². The Bertz CT molecular complexity index is 436. The van der Waals surface area contributed by atoms with Gasteiger partial charge in [0.05, 0.1) is 12.1 Å². The first-order chi connectivity index (χ1) is 11.3. The Morgan fingerprint density at radius 3 is 1.42 bits per heavy atom. The van der Waals surface area contributed by atoms with Crippen molar-refractivity contribution in [2.75, 3.05) is 0 Å². The van der Waals surface area contributed by atoms with Crippen molar-refractivity contribution in [1.82, 2.24) is 0 Å². The van der Waals surface area contributed by atoms with E-state index < -0.39 is 0 Å². The molecule has 4 heteroatoms. The van der Waals surface area contributed by atoms with Crippen molar-refractivity contribution in [2.45, 2.75) is 79.3 Å². The zero-order chi connectivity index (χ0) is 18.3. The second-order valence-electron chi connectivity index (χ2n) is 8.73. The van der Waals surface area contributed by atoms with Gasteiger partial charge >= 0.3 is 0 Å². The van der Waals surface area contributed by atoms with Gasteiger partial charge in [0.15, 0.2) is 0 Å².